The molecule has 0 aromatic heterocycles. The third-order valence-electron chi connectivity index (χ3n) is 2.86. The van der Waals surface area contributed by atoms with Crippen LogP contribution in [0.15, 0.2) is 0 Å². The quantitative estimate of drug-likeness (QED) is 0.543. The molecular weight excluding hydrogens is 153 g/mol. The van der Waals surface area contributed by atoms with E-state index < -0.39 is 6.17 Å². The fourth-order valence-corrected chi connectivity index (χ4v) is 2.03. The summed E-state index contributed by atoms with van der Waals surface area (Å²) in [5, 5.41) is 0. The summed E-state index contributed by atoms with van der Waals surface area (Å²) in [4.78, 5) is 2.08. The Kier molecular flexibility index (Phi) is 2.77. The van der Waals surface area contributed by atoms with E-state index in [1.807, 2.05) is 7.05 Å². The molecule has 72 valence electrons. The smallest absolute Gasteiger partial charge is 0.116 e. The zero-order chi connectivity index (χ0) is 9.35. The number of alkyl halides is 1. The van der Waals surface area contributed by atoms with E-state index in [-0.39, 0.29) is 11.3 Å². The molecule has 0 bridgehead atoms. The molecule has 1 nitrogen and oxygen atoms in total. The topological polar surface area (TPSA) is 3.24 Å². The summed E-state index contributed by atoms with van der Waals surface area (Å²) in [7, 11) is 1.99. The van der Waals surface area contributed by atoms with Crippen molar-refractivity contribution in [3.63, 3.8) is 0 Å². The zero-order valence-corrected chi connectivity index (χ0v) is 8.60. The molecule has 0 aromatic carbocycles. The van der Waals surface area contributed by atoms with Crippen LogP contribution in [0.2, 0.25) is 0 Å². The number of nitrogens with zero attached hydrogens (tertiary/aromatic N) is 1. The van der Waals surface area contributed by atoms with Crippen LogP contribution in [-0.4, -0.2) is 31.2 Å². The molecule has 1 aliphatic rings. The molecule has 0 radical (unpaired) electrons. The Labute approximate surface area is 74.9 Å². The average Bonchev–Trinajstić information content (AvgIpc) is 1.83. The van der Waals surface area contributed by atoms with Crippen LogP contribution in [-0.2, 0) is 0 Å². The molecule has 1 heterocycles. The van der Waals surface area contributed by atoms with Crippen molar-refractivity contribution in [3.05, 3.63) is 0 Å². The number of halogens is 1. The van der Waals surface area contributed by atoms with Gasteiger partial charge in [0.25, 0.3) is 0 Å². The van der Waals surface area contributed by atoms with Gasteiger partial charge in [-0.05, 0) is 31.3 Å². The van der Waals surface area contributed by atoms with Gasteiger partial charge in [-0.2, -0.15) is 0 Å². The van der Waals surface area contributed by atoms with E-state index in [1.165, 1.54) is 0 Å². The zero-order valence-electron chi connectivity index (χ0n) is 8.60. The average molecular weight is 173 g/mol. The lowest BCUT2D eigenvalue weighted by Crippen LogP contribution is -2.44. The van der Waals surface area contributed by atoms with Crippen LogP contribution < -0.4 is 0 Å². The highest BCUT2D eigenvalue weighted by Gasteiger charge is 2.35. The van der Waals surface area contributed by atoms with Crippen molar-refractivity contribution in [2.75, 3.05) is 20.1 Å². The van der Waals surface area contributed by atoms with Crippen molar-refractivity contribution in [3.8, 4) is 0 Å². The maximum atomic E-state index is 13.6. The van der Waals surface area contributed by atoms with Crippen LogP contribution in [0.4, 0.5) is 4.39 Å². The second-order valence-electron chi connectivity index (χ2n) is 5.04. The summed E-state index contributed by atoms with van der Waals surface area (Å²) < 4.78 is 13.6. The first-order chi connectivity index (χ1) is 5.41. The molecule has 1 saturated heterocycles. The number of likely N-dealkylation sites (tertiary alicyclic amines) is 1. The van der Waals surface area contributed by atoms with E-state index >= 15 is 0 Å². The Bertz CT molecular complexity index is 150. The van der Waals surface area contributed by atoms with Crippen LogP contribution in [0.25, 0.3) is 0 Å². The van der Waals surface area contributed by atoms with Crippen molar-refractivity contribution in [1.29, 1.82) is 0 Å². The second-order valence-corrected chi connectivity index (χ2v) is 5.04. The van der Waals surface area contributed by atoms with Gasteiger partial charge in [0.15, 0.2) is 0 Å². The van der Waals surface area contributed by atoms with Crippen molar-refractivity contribution in [1.82, 2.24) is 4.90 Å². The van der Waals surface area contributed by atoms with Crippen LogP contribution in [0.5, 0.6) is 0 Å². The highest BCUT2D eigenvalue weighted by molar-refractivity contribution is 4.86. The molecule has 1 rings (SSSR count). The highest BCUT2D eigenvalue weighted by Crippen LogP contribution is 2.35. The lowest BCUT2D eigenvalue weighted by atomic mass is 9.74. The van der Waals surface area contributed by atoms with Crippen molar-refractivity contribution < 1.29 is 4.39 Å². The highest BCUT2D eigenvalue weighted by atomic mass is 19.1. The summed E-state index contributed by atoms with van der Waals surface area (Å²) in [6, 6.07) is 0. The molecular formula is C10H20FN. The summed E-state index contributed by atoms with van der Waals surface area (Å²) in [6.07, 6.45) is 0.366. The van der Waals surface area contributed by atoms with E-state index in [9.17, 15) is 4.39 Å². The van der Waals surface area contributed by atoms with E-state index in [2.05, 4.69) is 25.7 Å². The normalized spacial score (nSPS) is 33.8. The number of rotatable bonds is 0. The van der Waals surface area contributed by atoms with Crippen LogP contribution in [0.1, 0.15) is 27.2 Å². The fraction of sp³-hybridized carbons (Fsp3) is 1.00. The number of piperidine rings is 1. The Morgan fingerprint density at radius 3 is 2.33 bits per heavy atom. The lowest BCUT2D eigenvalue weighted by Gasteiger charge is -2.39. The largest absolute Gasteiger partial charge is 0.303 e. The van der Waals surface area contributed by atoms with E-state index in [1.54, 1.807) is 0 Å². The molecule has 2 atom stereocenters. The van der Waals surface area contributed by atoms with Gasteiger partial charge in [0, 0.05) is 6.54 Å². The monoisotopic (exact) mass is 173 g/mol. The van der Waals surface area contributed by atoms with Crippen LogP contribution in [0.3, 0.4) is 0 Å². The molecule has 2 heteroatoms. The van der Waals surface area contributed by atoms with Gasteiger partial charge in [-0.3, -0.25) is 0 Å². The van der Waals surface area contributed by atoms with Gasteiger partial charge >= 0.3 is 0 Å². The first kappa shape index (κ1) is 9.97. The minimum atomic E-state index is -0.635. The van der Waals surface area contributed by atoms with Gasteiger partial charge in [-0.1, -0.05) is 20.8 Å². The van der Waals surface area contributed by atoms with E-state index in [4.69, 9.17) is 0 Å². The van der Waals surface area contributed by atoms with Gasteiger partial charge < -0.3 is 4.90 Å². The summed E-state index contributed by atoms with van der Waals surface area (Å²) >= 11 is 0. The molecule has 0 aliphatic carbocycles. The molecule has 0 aromatic rings. The predicted molar refractivity (Wildman–Crippen MR) is 50.0 cm³/mol. The Morgan fingerprint density at radius 2 is 1.92 bits per heavy atom. The third kappa shape index (κ3) is 2.19. The molecule has 1 unspecified atom stereocenters. The van der Waals surface area contributed by atoms with E-state index in [0.717, 1.165) is 13.0 Å². The maximum absolute atomic E-state index is 13.6. The third-order valence-corrected chi connectivity index (χ3v) is 2.86. The molecule has 12 heavy (non-hydrogen) atoms. The minimum absolute atomic E-state index is 0.126. The van der Waals surface area contributed by atoms with Crippen molar-refractivity contribution in [2.45, 2.75) is 33.4 Å². The van der Waals surface area contributed by atoms with Gasteiger partial charge in [0.2, 0.25) is 0 Å². The first-order valence-electron chi connectivity index (χ1n) is 4.74. The van der Waals surface area contributed by atoms with Gasteiger partial charge in [0.05, 0.1) is 0 Å². The van der Waals surface area contributed by atoms with Crippen molar-refractivity contribution in [2.24, 2.45) is 11.3 Å². The number of hydrogen-bond acceptors (Lipinski definition) is 1. The maximum Gasteiger partial charge on any atom is 0.116 e. The van der Waals surface area contributed by atoms with Crippen LogP contribution in [0, 0.1) is 11.3 Å². The molecule has 0 N–H and O–H groups in total. The van der Waals surface area contributed by atoms with E-state index in [0.29, 0.717) is 6.54 Å². The lowest BCUT2D eigenvalue weighted by molar-refractivity contribution is 0.0370. The standard InChI is InChI=1S/C10H20FN/c1-10(2,3)8-5-6-12(4)7-9(8)11/h8-9H,5-7H2,1-4H3/t8?,9-/m0/s1. The molecule has 1 fully saturated rings. The Hall–Kier alpha value is -0.110. The number of hydrogen-bond donors (Lipinski definition) is 0. The second kappa shape index (κ2) is 3.33. The first-order valence-corrected chi connectivity index (χ1v) is 4.74. The summed E-state index contributed by atoms with van der Waals surface area (Å²) in [5.41, 5.74) is 0.126. The molecule has 0 spiro atoms. The minimum Gasteiger partial charge on any atom is -0.303 e. The van der Waals surface area contributed by atoms with Gasteiger partial charge in [-0.15, -0.1) is 0 Å². The molecule has 0 amide bonds. The SMILES string of the molecule is CN1CCC(C(C)(C)C)[C@@H](F)C1. The fourth-order valence-electron chi connectivity index (χ4n) is 2.03. The Morgan fingerprint density at radius 1 is 1.33 bits per heavy atom. The molecule has 1 aliphatic heterocycles. The van der Waals surface area contributed by atoms with Crippen LogP contribution >= 0.6 is 0 Å². The predicted octanol–water partition coefficient (Wildman–Crippen LogP) is 2.32. The Balaban J connectivity index is 2.57. The molecule has 0 saturated carbocycles. The van der Waals surface area contributed by atoms with Gasteiger partial charge in [-0.25, -0.2) is 4.39 Å². The summed E-state index contributed by atoms with van der Waals surface area (Å²) in [5.74, 6) is 0.244. The van der Waals surface area contributed by atoms with Gasteiger partial charge in [0.1, 0.15) is 6.17 Å². The van der Waals surface area contributed by atoms with Crippen molar-refractivity contribution >= 4 is 0 Å². The summed E-state index contributed by atoms with van der Waals surface area (Å²) in [6.45, 7) is 8.06.